The topological polar surface area (TPSA) is 78.5 Å². The van der Waals surface area contributed by atoms with E-state index in [1.165, 1.54) is 9.08 Å². The van der Waals surface area contributed by atoms with Gasteiger partial charge in [-0.15, -0.1) is 11.7 Å². The summed E-state index contributed by atoms with van der Waals surface area (Å²) >= 11 is 0. The van der Waals surface area contributed by atoms with Crippen LogP contribution in [0.15, 0.2) is 41.7 Å². The quantitative estimate of drug-likeness (QED) is 0.537. The lowest BCUT2D eigenvalue weighted by molar-refractivity contribution is 0.0521. The number of aromatic nitrogens is 4. The Kier molecular flexibility index (Phi) is 3.46. The number of hydrogen-bond acceptors (Lipinski definition) is 5. The van der Waals surface area contributed by atoms with Crippen LogP contribution in [-0.2, 0) is 11.3 Å². The van der Waals surface area contributed by atoms with Crippen molar-refractivity contribution in [3.05, 3.63) is 53.0 Å². The summed E-state index contributed by atoms with van der Waals surface area (Å²) in [6.45, 7) is 5.82. The highest BCUT2D eigenvalue weighted by molar-refractivity contribution is 5.95. The van der Waals surface area contributed by atoms with E-state index in [-0.39, 0.29) is 24.4 Å². The molecule has 0 atom stereocenters. The van der Waals surface area contributed by atoms with Gasteiger partial charge < -0.3 is 4.74 Å². The van der Waals surface area contributed by atoms with Gasteiger partial charge in [0.05, 0.1) is 17.5 Å². The fraction of sp³-hybridized carbons (Fsp3) is 0.200. The Morgan fingerprint density at radius 1 is 1.41 bits per heavy atom. The predicted molar refractivity (Wildman–Crippen MR) is 80.9 cm³/mol. The maximum Gasteiger partial charge on any atom is 0.362 e. The first-order valence-corrected chi connectivity index (χ1v) is 6.84. The number of ether oxygens (including phenoxy) is 1. The Labute approximate surface area is 125 Å². The molecule has 0 radical (unpaired) electrons. The van der Waals surface area contributed by atoms with Crippen molar-refractivity contribution in [3.8, 4) is 0 Å². The fourth-order valence-corrected chi connectivity index (χ4v) is 2.39. The van der Waals surface area contributed by atoms with Gasteiger partial charge in [-0.05, 0) is 19.1 Å². The number of benzene rings is 1. The maximum absolute atomic E-state index is 12.7. The molecule has 3 aromatic rings. The average Bonchev–Trinajstić information content (AvgIpc) is 2.97. The molecule has 0 aliphatic carbocycles. The summed E-state index contributed by atoms with van der Waals surface area (Å²) in [6.07, 6.45) is 1.58. The summed E-state index contributed by atoms with van der Waals surface area (Å²) < 4.78 is 7.88. The minimum Gasteiger partial charge on any atom is -0.461 e. The highest BCUT2D eigenvalue weighted by Crippen LogP contribution is 2.15. The highest BCUT2D eigenvalue weighted by atomic mass is 16.5. The summed E-state index contributed by atoms with van der Waals surface area (Å²) in [4.78, 5) is 24.7. The third-order valence-corrected chi connectivity index (χ3v) is 3.29. The molecule has 3 rings (SSSR count). The van der Waals surface area contributed by atoms with E-state index >= 15 is 0 Å². The minimum absolute atomic E-state index is 0.0200. The number of allylic oxidation sites excluding steroid dienone is 1. The van der Waals surface area contributed by atoms with Crippen molar-refractivity contribution in [2.75, 3.05) is 6.61 Å². The zero-order chi connectivity index (χ0) is 15.7. The number of rotatable bonds is 4. The van der Waals surface area contributed by atoms with Crippen molar-refractivity contribution < 1.29 is 9.53 Å². The van der Waals surface area contributed by atoms with E-state index in [2.05, 4.69) is 16.9 Å². The van der Waals surface area contributed by atoms with Crippen molar-refractivity contribution >= 4 is 22.5 Å². The van der Waals surface area contributed by atoms with Crippen molar-refractivity contribution in [2.45, 2.75) is 13.5 Å². The number of carbonyl (C=O) groups is 1. The lowest BCUT2D eigenvalue weighted by atomic mass is 10.2. The summed E-state index contributed by atoms with van der Waals surface area (Å²) in [5, 5.41) is 8.40. The van der Waals surface area contributed by atoms with Gasteiger partial charge in [0.1, 0.15) is 0 Å². The number of fused-ring (bicyclic) bond motifs is 3. The third-order valence-electron chi connectivity index (χ3n) is 3.29. The van der Waals surface area contributed by atoms with E-state index in [9.17, 15) is 9.59 Å². The second-order valence-electron chi connectivity index (χ2n) is 4.62. The number of hydrogen-bond donors (Lipinski definition) is 0. The Morgan fingerprint density at radius 3 is 2.91 bits per heavy atom. The summed E-state index contributed by atoms with van der Waals surface area (Å²) in [5.41, 5.74) is 0.690. The van der Waals surface area contributed by atoms with Gasteiger partial charge in [-0.3, -0.25) is 9.36 Å². The third kappa shape index (κ3) is 1.98. The van der Waals surface area contributed by atoms with Crippen LogP contribution in [0.1, 0.15) is 17.4 Å². The Bertz CT molecular complexity index is 939. The first-order valence-electron chi connectivity index (χ1n) is 6.84. The molecule has 0 fully saturated rings. The molecule has 0 N–H and O–H groups in total. The lowest BCUT2D eigenvalue weighted by Gasteiger charge is -2.09. The molecule has 0 amide bonds. The highest BCUT2D eigenvalue weighted by Gasteiger charge is 2.22. The molecule has 22 heavy (non-hydrogen) atoms. The first-order chi connectivity index (χ1) is 10.7. The van der Waals surface area contributed by atoms with Crippen LogP contribution in [0.2, 0.25) is 0 Å². The Balaban J connectivity index is 2.46. The summed E-state index contributed by atoms with van der Waals surface area (Å²) in [5.74, 6) is -0.606. The van der Waals surface area contributed by atoms with Gasteiger partial charge in [0.25, 0.3) is 5.56 Å². The zero-order valence-corrected chi connectivity index (χ0v) is 12.0. The summed E-state index contributed by atoms with van der Waals surface area (Å²) in [7, 11) is 0. The molecule has 0 saturated heterocycles. The van der Waals surface area contributed by atoms with E-state index in [1.807, 2.05) is 0 Å². The lowest BCUT2D eigenvalue weighted by Crippen LogP contribution is -2.24. The van der Waals surface area contributed by atoms with Crippen molar-refractivity contribution in [3.63, 3.8) is 0 Å². The maximum atomic E-state index is 12.7. The van der Waals surface area contributed by atoms with Crippen LogP contribution < -0.4 is 5.56 Å². The van der Waals surface area contributed by atoms with E-state index in [1.54, 1.807) is 37.3 Å². The molecule has 0 bridgehead atoms. The fourth-order valence-electron chi connectivity index (χ4n) is 2.39. The van der Waals surface area contributed by atoms with Crippen LogP contribution in [0.5, 0.6) is 0 Å². The van der Waals surface area contributed by atoms with Gasteiger partial charge in [-0.2, -0.15) is 4.52 Å². The molecule has 7 heteroatoms. The number of para-hydroxylation sites is 1. The van der Waals surface area contributed by atoms with Crippen LogP contribution in [-0.4, -0.2) is 32.0 Å². The van der Waals surface area contributed by atoms with Crippen LogP contribution in [0.25, 0.3) is 16.6 Å². The number of carbonyl (C=O) groups excluding carboxylic acids is 1. The van der Waals surface area contributed by atoms with E-state index in [4.69, 9.17) is 4.74 Å². The smallest absolute Gasteiger partial charge is 0.362 e. The molecule has 112 valence electrons. The van der Waals surface area contributed by atoms with E-state index in [0.29, 0.717) is 16.6 Å². The summed E-state index contributed by atoms with van der Waals surface area (Å²) in [6, 6.07) is 7.04. The van der Waals surface area contributed by atoms with Gasteiger partial charge in [0.15, 0.2) is 5.65 Å². The minimum atomic E-state index is -0.606. The van der Waals surface area contributed by atoms with Crippen molar-refractivity contribution in [2.24, 2.45) is 0 Å². The Morgan fingerprint density at radius 2 is 2.18 bits per heavy atom. The van der Waals surface area contributed by atoms with Crippen LogP contribution in [0, 0.1) is 0 Å². The SMILES string of the molecule is C=CCn1c(=O)c2ccccc2n2nnc(C(=O)OCC)c12. The van der Waals surface area contributed by atoms with E-state index < -0.39 is 5.97 Å². The molecule has 0 saturated carbocycles. The predicted octanol–water partition coefficient (Wildman–Crippen LogP) is 1.41. The molecular weight excluding hydrogens is 284 g/mol. The number of nitrogens with zero attached hydrogens (tertiary/aromatic N) is 4. The van der Waals surface area contributed by atoms with Gasteiger partial charge in [-0.25, -0.2) is 4.79 Å². The molecule has 0 spiro atoms. The molecular formula is C15H14N4O3. The molecule has 2 aromatic heterocycles. The molecule has 0 aliphatic heterocycles. The zero-order valence-electron chi connectivity index (χ0n) is 12.0. The standard InChI is InChI=1S/C15H14N4O3/c1-3-9-18-13-12(15(21)22-4-2)16-17-19(13)11-8-6-5-7-10(11)14(18)20/h3,5-8H,1,4,9H2,2H3. The van der Waals surface area contributed by atoms with Crippen LogP contribution in [0.4, 0.5) is 0 Å². The van der Waals surface area contributed by atoms with E-state index in [0.717, 1.165) is 0 Å². The molecule has 0 unspecified atom stereocenters. The second kappa shape index (κ2) is 5.44. The normalized spacial score (nSPS) is 11.0. The average molecular weight is 298 g/mol. The molecule has 0 aliphatic rings. The van der Waals surface area contributed by atoms with Crippen molar-refractivity contribution in [1.82, 2.24) is 19.4 Å². The van der Waals surface area contributed by atoms with Gasteiger partial charge in [0, 0.05) is 6.54 Å². The van der Waals surface area contributed by atoms with Gasteiger partial charge in [-0.1, -0.05) is 23.4 Å². The van der Waals surface area contributed by atoms with Gasteiger partial charge in [0.2, 0.25) is 5.69 Å². The van der Waals surface area contributed by atoms with Gasteiger partial charge >= 0.3 is 5.97 Å². The van der Waals surface area contributed by atoms with Crippen molar-refractivity contribution in [1.29, 1.82) is 0 Å². The van der Waals surface area contributed by atoms with Crippen LogP contribution in [0.3, 0.4) is 0 Å². The monoisotopic (exact) mass is 298 g/mol. The number of esters is 1. The Hall–Kier alpha value is -2.96. The molecule has 1 aromatic carbocycles. The molecule has 2 heterocycles. The second-order valence-corrected chi connectivity index (χ2v) is 4.62. The molecule has 7 nitrogen and oxygen atoms in total. The largest absolute Gasteiger partial charge is 0.461 e. The first kappa shape index (κ1) is 14.0. The van der Waals surface area contributed by atoms with Crippen LogP contribution >= 0.6 is 0 Å².